The minimum Gasteiger partial charge on any atom is -0.337 e. The number of rotatable bonds is 4. The van der Waals surface area contributed by atoms with Crippen LogP contribution in [-0.4, -0.2) is 53.4 Å². The number of aromatic nitrogens is 1. The number of hydrogen-bond donors (Lipinski definition) is 0. The molecule has 1 saturated heterocycles. The third kappa shape index (κ3) is 4.79. The average Bonchev–Trinajstić information content (AvgIpc) is 2.88. The maximum atomic E-state index is 12.8. The van der Waals surface area contributed by atoms with Crippen LogP contribution < -0.4 is 0 Å². The molecule has 2 aromatic rings. The second-order valence-corrected chi connectivity index (χ2v) is 6.85. The van der Waals surface area contributed by atoms with Crippen LogP contribution in [0.5, 0.6) is 0 Å². The van der Waals surface area contributed by atoms with E-state index in [0.29, 0.717) is 0 Å². The van der Waals surface area contributed by atoms with E-state index in [0.717, 1.165) is 56.1 Å². The van der Waals surface area contributed by atoms with Crippen molar-refractivity contribution < 1.29 is 4.79 Å². The highest BCUT2D eigenvalue weighted by atomic mass is 16.2. The molecule has 0 saturated carbocycles. The van der Waals surface area contributed by atoms with Crippen LogP contribution in [0.3, 0.4) is 0 Å². The van der Waals surface area contributed by atoms with Crippen molar-refractivity contribution in [3.8, 4) is 0 Å². The van der Waals surface area contributed by atoms with Crippen LogP contribution in [0.25, 0.3) is 6.08 Å². The molecule has 1 aromatic carbocycles. The van der Waals surface area contributed by atoms with Crippen molar-refractivity contribution in [2.24, 2.45) is 0 Å². The second kappa shape index (κ2) is 8.77. The summed E-state index contributed by atoms with van der Waals surface area (Å²) in [6.45, 7) is 8.29. The monoisotopic (exact) mass is 349 g/mol. The third-order valence-electron chi connectivity index (χ3n) is 4.80. The van der Waals surface area contributed by atoms with Gasteiger partial charge in [-0.15, -0.1) is 0 Å². The van der Waals surface area contributed by atoms with Crippen LogP contribution >= 0.6 is 0 Å². The Labute approximate surface area is 156 Å². The van der Waals surface area contributed by atoms with E-state index in [1.807, 2.05) is 36.9 Å². The lowest BCUT2D eigenvalue weighted by molar-refractivity contribution is 0.0761. The number of hydrogen-bond acceptors (Lipinski definition) is 3. The van der Waals surface area contributed by atoms with Gasteiger partial charge in [-0.2, -0.15) is 0 Å². The zero-order chi connectivity index (χ0) is 18.4. The summed E-state index contributed by atoms with van der Waals surface area (Å²) < 4.78 is 0. The number of nitrogens with zero attached hydrogens (tertiary/aromatic N) is 3. The molecule has 1 amide bonds. The molecule has 0 aliphatic carbocycles. The number of carbonyl (C=O) groups is 1. The Morgan fingerprint density at radius 3 is 2.62 bits per heavy atom. The maximum absolute atomic E-state index is 12.8. The molecular formula is C22H27N3O. The van der Waals surface area contributed by atoms with Gasteiger partial charge in [-0.1, -0.05) is 42.5 Å². The molecule has 0 spiro atoms. The molecule has 3 rings (SSSR count). The van der Waals surface area contributed by atoms with Crippen molar-refractivity contribution in [2.45, 2.75) is 20.3 Å². The third-order valence-corrected chi connectivity index (χ3v) is 4.80. The lowest BCUT2D eigenvalue weighted by Crippen LogP contribution is -2.35. The summed E-state index contributed by atoms with van der Waals surface area (Å²) in [5.41, 5.74) is 3.72. The number of pyridine rings is 1. The van der Waals surface area contributed by atoms with Gasteiger partial charge in [-0.25, -0.2) is 0 Å². The summed E-state index contributed by atoms with van der Waals surface area (Å²) in [5, 5.41) is 0. The molecule has 0 N–H and O–H groups in total. The molecule has 1 aliphatic rings. The first-order chi connectivity index (χ1) is 12.6. The van der Waals surface area contributed by atoms with Gasteiger partial charge in [0.25, 0.3) is 5.91 Å². The summed E-state index contributed by atoms with van der Waals surface area (Å²) in [5.74, 6) is 0.108. The van der Waals surface area contributed by atoms with E-state index >= 15 is 0 Å². The van der Waals surface area contributed by atoms with Crippen molar-refractivity contribution in [1.82, 2.24) is 14.8 Å². The molecule has 136 valence electrons. The minimum absolute atomic E-state index is 0.108. The van der Waals surface area contributed by atoms with Crippen LogP contribution in [0.2, 0.25) is 0 Å². The van der Waals surface area contributed by atoms with Gasteiger partial charge >= 0.3 is 0 Å². The van der Waals surface area contributed by atoms with Crippen molar-refractivity contribution >= 4 is 12.0 Å². The smallest absolute Gasteiger partial charge is 0.255 e. The van der Waals surface area contributed by atoms with Gasteiger partial charge in [-0.05, 0) is 38.0 Å². The first kappa shape index (κ1) is 18.3. The van der Waals surface area contributed by atoms with E-state index in [1.54, 1.807) is 0 Å². The molecule has 0 bridgehead atoms. The molecule has 1 aliphatic heterocycles. The zero-order valence-electron chi connectivity index (χ0n) is 15.7. The lowest BCUT2D eigenvalue weighted by atomic mass is 10.1. The van der Waals surface area contributed by atoms with E-state index in [1.165, 1.54) is 5.56 Å². The summed E-state index contributed by atoms with van der Waals surface area (Å²) >= 11 is 0. The highest BCUT2D eigenvalue weighted by molar-refractivity contribution is 5.95. The van der Waals surface area contributed by atoms with Crippen molar-refractivity contribution in [1.29, 1.82) is 0 Å². The maximum Gasteiger partial charge on any atom is 0.255 e. The lowest BCUT2D eigenvalue weighted by Gasteiger charge is -2.22. The number of benzene rings is 1. The quantitative estimate of drug-likeness (QED) is 0.847. The summed E-state index contributed by atoms with van der Waals surface area (Å²) in [6.07, 6.45) is 5.37. The first-order valence-electron chi connectivity index (χ1n) is 9.31. The summed E-state index contributed by atoms with van der Waals surface area (Å²) in [6, 6.07) is 14.2. The minimum atomic E-state index is 0.108. The van der Waals surface area contributed by atoms with Gasteiger partial charge in [-0.3, -0.25) is 14.7 Å². The molecular weight excluding hydrogens is 322 g/mol. The van der Waals surface area contributed by atoms with E-state index < -0.39 is 0 Å². The Bertz CT molecular complexity index is 770. The topological polar surface area (TPSA) is 36.4 Å². The second-order valence-electron chi connectivity index (χ2n) is 6.85. The predicted octanol–water partition coefficient (Wildman–Crippen LogP) is 3.56. The predicted molar refractivity (Wildman–Crippen MR) is 106 cm³/mol. The fraction of sp³-hybridized carbons (Fsp3) is 0.364. The Kier molecular flexibility index (Phi) is 6.18. The highest BCUT2D eigenvalue weighted by Crippen LogP contribution is 2.13. The summed E-state index contributed by atoms with van der Waals surface area (Å²) in [7, 11) is 0. The molecule has 0 radical (unpaired) electrons. The molecule has 0 atom stereocenters. The van der Waals surface area contributed by atoms with Crippen LogP contribution in [0.1, 0.15) is 33.7 Å². The molecule has 26 heavy (non-hydrogen) atoms. The van der Waals surface area contributed by atoms with E-state index in [2.05, 4.69) is 46.3 Å². The SMILES string of the molecule is Cc1ccc(C(=O)N2CCCN(CC=Cc3ccccc3)CC2)c(C)n1. The molecule has 1 aromatic heterocycles. The first-order valence-corrected chi connectivity index (χ1v) is 9.31. The number of amides is 1. The van der Waals surface area contributed by atoms with Gasteiger partial charge in [0.2, 0.25) is 0 Å². The van der Waals surface area contributed by atoms with Crippen LogP contribution in [0.4, 0.5) is 0 Å². The standard InChI is InChI=1S/C22H27N3O/c1-18-11-12-21(19(2)23-18)22(26)25-15-7-14-24(16-17-25)13-6-10-20-8-4-3-5-9-20/h3-6,8-12H,7,13-17H2,1-2H3. The molecule has 4 heteroatoms. The number of aryl methyl sites for hydroxylation is 2. The van der Waals surface area contributed by atoms with Crippen molar-refractivity contribution in [3.05, 3.63) is 71.1 Å². The van der Waals surface area contributed by atoms with Crippen LogP contribution in [0, 0.1) is 13.8 Å². The summed E-state index contributed by atoms with van der Waals surface area (Å²) in [4.78, 5) is 21.7. The fourth-order valence-electron chi connectivity index (χ4n) is 3.34. The Hall–Kier alpha value is -2.46. The fourth-order valence-corrected chi connectivity index (χ4v) is 3.34. The van der Waals surface area contributed by atoms with Gasteiger partial charge in [0.15, 0.2) is 0 Å². The largest absolute Gasteiger partial charge is 0.337 e. The molecule has 1 fully saturated rings. The van der Waals surface area contributed by atoms with Crippen LogP contribution in [0.15, 0.2) is 48.5 Å². The van der Waals surface area contributed by atoms with Gasteiger partial charge in [0.05, 0.1) is 11.3 Å². The molecule has 2 heterocycles. The van der Waals surface area contributed by atoms with Gasteiger partial charge in [0, 0.05) is 38.4 Å². The van der Waals surface area contributed by atoms with E-state index in [4.69, 9.17) is 0 Å². The normalized spacial score (nSPS) is 16.0. The highest BCUT2D eigenvalue weighted by Gasteiger charge is 2.21. The van der Waals surface area contributed by atoms with E-state index in [-0.39, 0.29) is 5.91 Å². The average molecular weight is 349 g/mol. The zero-order valence-corrected chi connectivity index (χ0v) is 15.7. The van der Waals surface area contributed by atoms with Crippen LogP contribution in [-0.2, 0) is 0 Å². The Morgan fingerprint density at radius 2 is 1.85 bits per heavy atom. The van der Waals surface area contributed by atoms with Gasteiger partial charge < -0.3 is 4.90 Å². The van der Waals surface area contributed by atoms with Crippen molar-refractivity contribution in [2.75, 3.05) is 32.7 Å². The van der Waals surface area contributed by atoms with Gasteiger partial charge in [0.1, 0.15) is 0 Å². The Balaban J connectivity index is 1.56. The van der Waals surface area contributed by atoms with Crippen molar-refractivity contribution in [3.63, 3.8) is 0 Å². The van der Waals surface area contributed by atoms with E-state index in [9.17, 15) is 4.79 Å². The molecule has 0 unspecified atom stereocenters. The number of carbonyl (C=O) groups excluding carboxylic acids is 1. The molecule has 4 nitrogen and oxygen atoms in total. The Morgan fingerprint density at radius 1 is 1.04 bits per heavy atom.